The minimum Gasteiger partial charge on any atom is -0.451 e. The Morgan fingerprint density at radius 3 is 2.12 bits per heavy atom. The largest absolute Gasteiger partial charge is 0.451 e. The highest BCUT2D eigenvalue weighted by Gasteiger charge is 2.23. The zero-order chi connectivity index (χ0) is 23.7. The number of Topliss-reactive ketones (excluding diaryl/α,β-unsaturated/α-hetero) is 1. The number of ketones is 1. The highest BCUT2D eigenvalue weighted by molar-refractivity contribution is 6.32. The number of fused-ring (bicyclic) bond motifs is 1. The summed E-state index contributed by atoms with van der Waals surface area (Å²) in [5.41, 5.74) is 5.95. The number of rotatable bonds is 5. The van der Waals surface area contributed by atoms with Crippen molar-refractivity contribution in [2.75, 3.05) is 0 Å². The van der Waals surface area contributed by atoms with Crippen molar-refractivity contribution in [2.24, 2.45) is 0 Å². The Morgan fingerprint density at radius 1 is 0.879 bits per heavy atom. The van der Waals surface area contributed by atoms with E-state index in [1.807, 2.05) is 57.2 Å². The lowest BCUT2D eigenvalue weighted by Gasteiger charge is -2.15. The Morgan fingerprint density at radius 2 is 1.48 bits per heavy atom. The molecule has 0 unspecified atom stereocenters. The van der Waals surface area contributed by atoms with Gasteiger partial charge >= 0.3 is 5.97 Å². The van der Waals surface area contributed by atoms with E-state index in [-0.39, 0.29) is 5.78 Å². The maximum Gasteiger partial charge on any atom is 0.339 e. The third kappa shape index (κ3) is 4.67. The molecule has 0 aliphatic rings. The fourth-order valence-corrected chi connectivity index (χ4v) is 3.83. The van der Waals surface area contributed by atoms with E-state index in [2.05, 4.69) is 0 Å². The van der Waals surface area contributed by atoms with Gasteiger partial charge in [-0.3, -0.25) is 4.79 Å². The number of benzene rings is 3. The molecule has 0 amide bonds. The molecule has 0 bridgehead atoms. The Labute approximate surface area is 198 Å². The van der Waals surface area contributed by atoms with E-state index in [1.54, 1.807) is 37.3 Å². The molecule has 0 radical (unpaired) electrons. The molecule has 1 atom stereocenters. The minimum absolute atomic E-state index is 0.250. The van der Waals surface area contributed by atoms with E-state index in [9.17, 15) is 9.59 Å². The van der Waals surface area contributed by atoms with Gasteiger partial charge in [0.05, 0.1) is 16.8 Å². The van der Waals surface area contributed by atoms with Gasteiger partial charge in [-0.25, -0.2) is 9.78 Å². The number of aromatic nitrogens is 1. The fraction of sp³-hybridized carbons (Fsp3) is 0.179. The SMILES string of the molecule is Cc1ccc(C(=O)[C@H](C)OC(=O)c2cc(-c3ccc(C)cc3)nc3c(C)c(Cl)ccc23)cc1. The number of esters is 1. The van der Waals surface area contributed by atoms with Crippen LogP contribution in [0.4, 0.5) is 0 Å². The van der Waals surface area contributed by atoms with Crippen LogP contribution >= 0.6 is 11.6 Å². The molecule has 0 N–H and O–H groups in total. The second-order valence-electron chi connectivity index (χ2n) is 8.27. The maximum atomic E-state index is 13.3. The Kier molecular flexibility index (Phi) is 6.30. The lowest BCUT2D eigenvalue weighted by Crippen LogP contribution is -2.24. The van der Waals surface area contributed by atoms with Gasteiger partial charge in [-0.1, -0.05) is 77.3 Å². The molecule has 166 valence electrons. The van der Waals surface area contributed by atoms with Crippen LogP contribution in [0.3, 0.4) is 0 Å². The first-order valence-electron chi connectivity index (χ1n) is 10.7. The average Bonchev–Trinajstić information content (AvgIpc) is 2.81. The summed E-state index contributed by atoms with van der Waals surface area (Å²) in [7, 11) is 0. The van der Waals surface area contributed by atoms with E-state index in [4.69, 9.17) is 21.3 Å². The van der Waals surface area contributed by atoms with Gasteiger partial charge in [-0.15, -0.1) is 0 Å². The average molecular weight is 458 g/mol. The van der Waals surface area contributed by atoms with Crippen molar-refractivity contribution in [1.82, 2.24) is 4.98 Å². The van der Waals surface area contributed by atoms with Crippen LogP contribution in [-0.2, 0) is 4.74 Å². The standard InChI is InChI=1S/C28H24ClNO3/c1-16-5-9-20(10-6-16)25-15-23(22-13-14-24(29)18(3)26(22)30-25)28(32)33-19(4)27(31)21-11-7-17(2)8-12-21/h5-15,19H,1-4H3/t19-/m0/s1. The van der Waals surface area contributed by atoms with Crippen molar-refractivity contribution < 1.29 is 14.3 Å². The van der Waals surface area contributed by atoms with Gasteiger partial charge < -0.3 is 4.74 Å². The molecule has 1 heterocycles. The van der Waals surface area contributed by atoms with Crippen molar-refractivity contribution in [2.45, 2.75) is 33.8 Å². The Hall–Kier alpha value is -3.50. The van der Waals surface area contributed by atoms with Crippen LogP contribution in [0.25, 0.3) is 22.2 Å². The highest BCUT2D eigenvalue weighted by Crippen LogP contribution is 2.31. The maximum absolute atomic E-state index is 13.3. The molecule has 5 heteroatoms. The third-order valence-corrected chi connectivity index (χ3v) is 6.13. The predicted octanol–water partition coefficient (Wildman–Crippen LogP) is 6.91. The van der Waals surface area contributed by atoms with E-state index < -0.39 is 12.1 Å². The van der Waals surface area contributed by atoms with Crippen LogP contribution < -0.4 is 0 Å². The fourth-order valence-electron chi connectivity index (χ4n) is 3.68. The molecule has 4 aromatic rings. The lowest BCUT2D eigenvalue weighted by molar-refractivity contribution is 0.0320. The number of carbonyl (C=O) groups excluding carboxylic acids is 2. The summed E-state index contributed by atoms with van der Waals surface area (Å²) in [6, 6.07) is 20.3. The first-order valence-corrected chi connectivity index (χ1v) is 11.1. The smallest absolute Gasteiger partial charge is 0.339 e. The van der Waals surface area contributed by atoms with Gasteiger partial charge in [0.25, 0.3) is 0 Å². The molecule has 1 aromatic heterocycles. The van der Waals surface area contributed by atoms with E-state index in [0.29, 0.717) is 32.7 Å². The molecular formula is C28H24ClNO3. The van der Waals surface area contributed by atoms with Gasteiger partial charge in [0.2, 0.25) is 5.78 Å². The molecule has 0 aliphatic carbocycles. The topological polar surface area (TPSA) is 56.3 Å². The van der Waals surface area contributed by atoms with Crippen LogP contribution in [0, 0.1) is 20.8 Å². The molecule has 0 saturated heterocycles. The van der Waals surface area contributed by atoms with Gasteiger partial charge in [0.15, 0.2) is 6.10 Å². The van der Waals surface area contributed by atoms with Gasteiger partial charge in [0, 0.05) is 21.5 Å². The van der Waals surface area contributed by atoms with Gasteiger partial charge in [-0.05, 0) is 45.4 Å². The quantitative estimate of drug-likeness (QED) is 0.241. The van der Waals surface area contributed by atoms with Crippen molar-refractivity contribution in [3.63, 3.8) is 0 Å². The summed E-state index contributed by atoms with van der Waals surface area (Å²) < 4.78 is 5.62. The highest BCUT2D eigenvalue weighted by atomic mass is 35.5. The number of carbonyl (C=O) groups is 2. The molecule has 0 fully saturated rings. The molecule has 3 aromatic carbocycles. The monoisotopic (exact) mass is 457 g/mol. The third-order valence-electron chi connectivity index (χ3n) is 5.72. The summed E-state index contributed by atoms with van der Waals surface area (Å²) in [4.78, 5) is 30.8. The summed E-state index contributed by atoms with van der Waals surface area (Å²) in [6.07, 6.45) is -0.931. The normalized spacial score (nSPS) is 11.9. The zero-order valence-corrected chi connectivity index (χ0v) is 19.7. The second kappa shape index (κ2) is 9.16. The molecule has 4 rings (SSSR count). The minimum atomic E-state index is -0.931. The lowest BCUT2D eigenvalue weighted by atomic mass is 10.0. The van der Waals surface area contributed by atoms with Crippen molar-refractivity contribution in [3.05, 3.63) is 99.6 Å². The zero-order valence-electron chi connectivity index (χ0n) is 19.0. The van der Waals surface area contributed by atoms with E-state index in [1.165, 1.54) is 0 Å². The number of pyridine rings is 1. The van der Waals surface area contributed by atoms with Crippen LogP contribution in [0.2, 0.25) is 5.02 Å². The summed E-state index contributed by atoms with van der Waals surface area (Å²) in [5.74, 6) is -0.829. The summed E-state index contributed by atoms with van der Waals surface area (Å²) in [6.45, 7) is 7.42. The van der Waals surface area contributed by atoms with Gasteiger partial charge in [-0.2, -0.15) is 0 Å². The van der Waals surface area contributed by atoms with E-state index >= 15 is 0 Å². The predicted molar refractivity (Wildman–Crippen MR) is 132 cm³/mol. The molecular weight excluding hydrogens is 434 g/mol. The van der Waals surface area contributed by atoms with Crippen molar-refractivity contribution >= 4 is 34.3 Å². The number of hydrogen-bond donors (Lipinski definition) is 0. The molecule has 33 heavy (non-hydrogen) atoms. The van der Waals surface area contributed by atoms with Crippen LogP contribution in [0.5, 0.6) is 0 Å². The van der Waals surface area contributed by atoms with E-state index in [0.717, 1.165) is 22.3 Å². The number of hydrogen-bond acceptors (Lipinski definition) is 4. The number of nitrogens with zero attached hydrogens (tertiary/aromatic N) is 1. The van der Waals surface area contributed by atoms with Crippen LogP contribution in [-0.4, -0.2) is 22.8 Å². The number of halogens is 1. The number of aryl methyl sites for hydroxylation is 3. The Bertz CT molecular complexity index is 1360. The van der Waals surface area contributed by atoms with Crippen LogP contribution in [0.15, 0.2) is 66.7 Å². The second-order valence-corrected chi connectivity index (χ2v) is 8.67. The number of ether oxygens (including phenoxy) is 1. The first-order chi connectivity index (χ1) is 15.7. The van der Waals surface area contributed by atoms with Gasteiger partial charge in [0.1, 0.15) is 0 Å². The molecule has 0 spiro atoms. The van der Waals surface area contributed by atoms with Crippen molar-refractivity contribution in [3.8, 4) is 11.3 Å². The molecule has 0 aliphatic heterocycles. The summed E-state index contributed by atoms with van der Waals surface area (Å²) >= 11 is 6.34. The first kappa shape index (κ1) is 22.7. The van der Waals surface area contributed by atoms with Crippen molar-refractivity contribution in [1.29, 1.82) is 0 Å². The van der Waals surface area contributed by atoms with Crippen LogP contribution in [0.1, 0.15) is 44.3 Å². The summed E-state index contributed by atoms with van der Waals surface area (Å²) in [5, 5.41) is 1.20. The Balaban J connectivity index is 1.74. The molecule has 0 saturated carbocycles. The molecule has 4 nitrogen and oxygen atoms in total.